The fraction of sp³-hybridized carbons (Fsp3) is 0.450. The van der Waals surface area contributed by atoms with Gasteiger partial charge in [0.05, 0.1) is 12.9 Å². The van der Waals surface area contributed by atoms with Crippen molar-refractivity contribution in [2.45, 2.75) is 44.4 Å². The molecule has 0 bridgehead atoms. The van der Waals surface area contributed by atoms with Gasteiger partial charge in [-0.05, 0) is 5.56 Å². The van der Waals surface area contributed by atoms with E-state index in [-0.39, 0.29) is 0 Å². The Morgan fingerprint density at radius 3 is 2.50 bits per heavy atom. The molecular formula is C20H27N5O9P2. The molecular weight excluding hydrogens is 516 g/mol. The minimum absolute atomic E-state index is 0.338. The maximum absolute atomic E-state index is 11.9. The second kappa shape index (κ2) is 10.6. The maximum Gasteiger partial charge on any atom is 0.340 e. The van der Waals surface area contributed by atoms with E-state index in [0.717, 1.165) is 5.56 Å². The number of aliphatic hydroxyl groups is 2. The minimum atomic E-state index is -4.82. The molecule has 0 spiro atoms. The summed E-state index contributed by atoms with van der Waals surface area (Å²) in [5, 5.41) is 24.3. The molecule has 5 atom stereocenters. The molecule has 0 aliphatic carbocycles. The van der Waals surface area contributed by atoms with Crippen molar-refractivity contribution in [2.24, 2.45) is 0 Å². The number of hydrogen-bond acceptors (Lipinski definition) is 10. The predicted octanol–water partition coefficient (Wildman–Crippen LogP) is 0.957. The Hall–Kier alpha value is -2.25. The summed E-state index contributed by atoms with van der Waals surface area (Å²) < 4.78 is 34.8. The van der Waals surface area contributed by atoms with E-state index in [2.05, 4.69) is 20.3 Å². The smallest absolute Gasteiger partial charge is 0.340 e. The number of imidazole rings is 1. The van der Waals surface area contributed by atoms with Gasteiger partial charge in [0.25, 0.3) is 0 Å². The first kappa shape index (κ1) is 26.8. The molecule has 0 saturated carbocycles. The second-order valence-corrected chi connectivity index (χ2v) is 12.3. The molecule has 2 aromatic heterocycles. The van der Waals surface area contributed by atoms with Crippen LogP contribution in [-0.4, -0.2) is 75.2 Å². The molecule has 196 valence electrons. The lowest BCUT2D eigenvalue weighted by molar-refractivity contribution is -0.0483. The van der Waals surface area contributed by atoms with Crippen molar-refractivity contribution >= 4 is 32.2 Å². The number of nitrogens with one attached hydrogen (secondary N) is 1. The molecule has 4 rings (SSSR count). The molecule has 3 aromatic rings. The largest absolute Gasteiger partial charge is 0.387 e. The normalized spacial score (nSPS) is 24.2. The van der Waals surface area contributed by atoms with Crippen LogP contribution in [0.15, 0.2) is 36.7 Å². The summed E-state index contributed by atoms with van der Waals surface area (Å²) in [4.78, 5) is 40.9. The number of rotatable bonds is 10. The zero-order valence-corrected chi connectivity index (χ0v) is 20.9. The number of aliphatic hydroxyl groups excluding tert-OH is 2. The third-order valence-corrected chi connectivity index (χ3v) is 8.96. The minimum Gasteiger partial charge on any atom is -0.387 e. The first-order valence-corrected chi connectivity index (χ1v) is 14.6. The monoisotopic (exact) mass is 543 g/mol. The number of ether oxygens (including phenoxy) is 1. The van der Waals surface area contributed by atoms with E-state index >= 15 is 0 Å². The van der Waals surface area contributed by atoms with E-state index in [1.807, 2.05) is 37.3 Å². The zero-order valence-electron chi connectivity index (χ0n) is 19.2. The van der Waals surface area contributed by atoms with Crippen molar-refractivity contribution in [3.05, 3.63) is 48.0 Å². The van der Waals surface area contributed by atoms with Gasteiger partial charge in [-0.1, -0.05) is 37.3 Å². The molecule has 1 aliphatic heterocycles. The van der Waals surface area contributed by atoms with Crippen molar-refractivity contribution in [3.8, 4) is 0 Å². The van der Waals surface area contributed by atoms with Crippen LogP contribution in [0.1, 0.15) is 24.5 Å². The van der Waals surface area contributed by atoms with Gasteiger partial charge >= 0.3 is 15.2 Å². The van der Waals surface area contributed by atoms with E-state index < -0.39 is 52.2 Å². The summed E-state index contributed by atoms with van der Waals surface area (Å²) >= 11 is 0. The Balaban J connectivity index is 1.55. The van der Waals surface area contributed by atoms with Gasteiger partial charge in [0.15, 0.2) is 29.1 Å². The van der Waals surface area contributed by atoms with Crippen molar-refractivity contribution in [1.29, 1.82) is 0 Å². The fourth-order valence-electron chi connectivity index (χ4n) is 3.77. The highest BCUT2D eigenvalue weighted by molar-refractivity contribution is 7.70. The predicted molar refractivity (Wildman–Crippen MR) is 127 cm³/mol. The van der Waals surface area contributed by atoms with Crippen LogP contribution in [0.25, 0.3) is 11.2 Å². The molecule has 1 aliphatic rings. The number of fused-ring (bicyclic) bond motifs is 1. The van der Waals surface area contributed by atoms with Crippen LogP contribution in [0.3, 0.4) is 0 Å². The van der Waals surface area contributed by atoms with Crippen LogP contribution in [-0.2, 0) is 31.4 Å². The molecule has 0 radical (unpaired) electrons. The van der Waals surface area contributed by atoms with Gasteiger partial charge in [-0.15, -0.1) is 0 Å². The fourth-order valence-corrected chi connectivity index (χ4v) is 6.34. The van der Waals surface area contributed by atoms with Gasteiger partial charge < -0.3 is 39.5 Å². The highest BCUT2D eigenvalue weighted by Gasteiger charge is 2.45. The molecule has 1 aromatic carbocycles. The number of aryl methyl sites for hydroxylation is 1. The van der Waals surface area contributed by atoms with Gasteiger partial charge in [0.1, 0.15) is 24.1 Å². The summed E-state index contributed by atoms with van der Waals surface area (Å²) in [5.74, 6) is -0.395. The lowest BCUT2D eigenvalue weighted by atomic mass is 10.1. The number of nitrogens with zero attached hydrogens (tertiary/aromatic N) is 4. The van der Waals surface area contributed by atoms with Gasteiger partial charge in [-0.3, -0.25) is 13.7 Å². The Morgan fingerprint density at radius 1 is 1.11 bits per heavy atom. The standard InChI is InChI=1S/C20H27N5O9P2/c1-2-14-23-18(21-8-12-6-4-3-5-7-12)15-19(24-14)25(10-22-15)20-17(27)16(26)13(34-20)9-33-36(31,32)11-35(28,29)30/h3-7,10,13,16-17,20,26-27H,2,8-9,11H2,1H3,(H,31,32)(H,21,23,24)(H2,28,29,30)/t13-,16-,17-,20-/m1/s1. The zero-order chi connectivity index (χ0) is 26.1. The summed E-state index contributed by atoms with van der Waals surface area (Å²) in [6.07, 6.45) is -3.54. The summed E-state index contributed by atoms with van der Waals surface area (Å²) in [6.45, 7) is 1.68. The van der Waals surface area contributed by atoms with Crippen molar-refractivity contribution in [1.82, 2.24) is 19.5 Å². The summed E-state index contributed by atoms with van der Waals surface area (Å²) in [5.41, 5.74) is 1.78. The van der Waals surface area contributed by atoms with Crippen LogP contribution in [0, 0.1) is 0 Å². The van der Waals surface area contributed by atoms with E-state index in [0.29, 0.717) is 35.8 Å². The van der Waals surface area contributed by atoms with Gasteiger partial charge in [-0.25, -0.2) is 15.0 Å². The van der Waals surface area contributed by atoms with E-state index in [1.165, 1.54) is 10.9 Å². The van der Waals surface area contributed by atoms with Crippen molar-refractivity contribution in [3.63, 3.8) is 0 Å². The van der Waals surface area contributed by atoms with Crippen LogP contribution in [0.4, 0.5) is 5.82 Å². The average Bonchev–Trinajstić information content (AvgIpc) is 3.36. The molecule has 1 fully saturated rings. The number of benzene rings is 1. The van der Waals surface area contributed by atoms with Gasteiger partial charge in [-0.2, -0.15) is 0 Å². The number of aromatic nitrogens is 4. The number of anilines is 1. The Labute approximate surface area is 205 Å². The van der Waals surface area contributed by atoms with Gasteiger partial charge in [0.2, 0.25) is 0 Å². The molecule has 0 amide bonds. The van der Waals surface area contributed by atoms with Crippen LogP contribution < -0.4 is 5.32 Å². The van der Waals surface area contributed by atoms with E-state index in [1.54, 1.807) is 0 Å². The van der Waals surface area contributed by atoms with Crippen LogP contribution in [0.2, 0.25) is 0 Å². The molecule has 16 heteroatoms. The lowest BCUT2D eigenvalue weighted by Gasteiger charge is -2.18. The Morgan fingerprint density at radius 2 is 1.83 bits per heavy atom. The first-order valence-electron chi connectivity index (χ1n) is 11.0. The summed E-state index contributed by atoms with van der Waals surface area (Å²) in [7, 11) is -9.48. The number of hydrogen-bond donors (Lipinski definition) is 6. The topological polar surface area (TPSA) is 209 Å². The molecule has 6 N–H and O–H groups in total. The third-order valence-electron chi connectivity index (χ3n) is 5.50. The molecule has 36 heavy (non-hydrogen) atoms. The Kier molecular flexibility index (Phi) is 7.91. The molecule has 1 unspecified atom stereocenters. The SMILES string of the molecule is CCc1nc(NCc2ccccc2)c2ncn([C@@H]3O[C@H](COP(=O)(O)CP(=O)(O)O)[C@@H](O)[C@H]3O)c2n1. The van der Waals surface area contributed by atoms with Crippen molar-refractivity contribution < 1.29 is 43.3 Å². The summed E-state index contributed by atoms with van der Waals surface area (Å²) in [6, 6.07) is 9.68. The van der Waals surface area contributed by atoms with E-state index in [9.17, 15) is 24.2 Å². The average molecular weight is 543 g/mol. The Bertz CT molecular complexity index is 1300. The van der Waals surface area contributed by atoms with Crippen LogP contribution in [0.5, 0.6) is 0 Å². The van der Waals surface area contributed by atoms with Gasteiger partial charge in [0, 0.05) is 13.0 Å². The quantitative estimate of drug-likeness (QED) is 0.197. The maximum atomic E-state index is 11.9. The lowest BCUT2D eigenvalue weighted by Crippen LogP contribution is -2.33. The van der Waals surface area contributed by atoms with Crippen LogP contribution >= 0.6 is 15.2 Å². The first-order chi connectivity index (χ1) is 17.0. The highest BCUT2D eigenvalue weighted by atomic mass is 31.2. The van der Waals surface area contributed by atoms with E-state index in [4.69, 9.17) is 19.0 Å². The second-order valence-electron chi connectivity index (χ2n) is 8.29. The molecule has 1 saturated heterocycles. The molecule has 3 heterocycles. The molecule has 14 nitrogen and oxygen atoms in total. The highest BCUT2D eigenvalue weighted by Crippen LogP contribution is 2.55. The third kappa shape index (κ3) is 6.17. The van der Waals surface area contributed by atoms with Crippen molar-refractivity contribution in [2.75, 3.05) is 17.8 Å².